The number of hydrogen-bond acceptors (Lipinski definition) is 3. The monoisotopic (exact) mass is 174 g/mol. The van der Waals surface area contributed by atoms with Crippen LogP contribution in [0.3, 0.4) is 0 Å². The molecule has 0 fully saturated rings. The van der Waals surface area contributed by atoms with E-state index in [0.29, 0.717) is 12.3 Å². The predicted octanol–water partition coefficient (Wildman–Crippen LogP) is 2.61. The highest BCUT2D eigenvalue weighted by atomic mass is 17.1. The summed E-state index contributed by atoms with van der Waals surface area (Å²) in [5.74, 6) is 0.139. The summed E-state index contributed by atoms with van der Waals surface area (Å²) in [5, 5.41) is 7.95. The van der Waals surface area contributed by atoms with Gasteiger partial charge in [-0.2, -0.15) is 5.26 Å². The maximum Gasteiger partial charge on any atom is 0.342 e. The Morgan fingerprint density at radius 2 is 2.17 bits per heavy atom. The molecule has 3 nitrogen and oxygen atoms in total. The molecule has 0 spiro atoms. The highest BCUT2D eigenvalue weighted by Gasteiger charge is 2.04. The minimum absolute atomic E-state index is 0.324. The molecule has 0 saturated carbocycles. The average Bonchev–Trinajstić information content (AvgIpc) is 2.04. The van der Waals surface area contributed by atoms with E-state index in [-0.39, 0.29) is 0 Å². The van der Waals surface area contributed by atoms with Gasteiger partial charge in [-0.05, 0) is 12.3 Å². The fourth-order valence-electron chi connectivity index (χ4n) is 1.28. The van der Waals surface area contributed by atoms with Gasteiger partial charge in [0.1, 0.15) is 0 Å². The van der Waals surface area contributed by atoms with Crippen LogP contribution in [0.2, 0.25) is 0 Å². The Kier molecular flexibility index (Phi) is 6.76. The van der Waals surface area contributed by atoms with Gasteiger partial charge in [-0.1, -0.05) is 33.1 Å². The van der Waals surface area contributed by atoms with E-state index in [1.165, 1.54) is 12.8 Å². The molecule has 0 aromatic heterocycles. The van der Waals surface area contributed by atoms with Crippen molar-refractivity contribution < 1.29 is 14.9 Å². The molecule has 0 heterocycles. The molecule has 0 aromatic carbocycles. The Labute approximate surface area is 73.7 Å². The lowest BCUT2D eigenvalue weighted by atomic mass is 9.99. The molecule has 0 rings (SSSR count). The second-order valence-corrected chi connectivity index (χ2v) is 3.25. The van der Waals surface area contributed by atoms with Crippen LogP contribution in [0.15, 0.2) is 0 Å². The van der Waals surface area contributed by atoms with Gasteiger partial charge in [0.25, 0.3) is 0 Å². The molecule has 0 aliphatic rings. The van der Waals surface area contributed by atoms with Crippen molar-refractivity contribution in [3.05, 3.63) is 0 Å². The molecule has 1 atom stereocenters. The van der Waals surface area contributed by atoms with Gasteiger partial charge in [0, 0.05) is 6.42 Å². The summed E-state index contributed by atoms with van der Waals surface area (Å²) in [7, 11) is 0. The lowest BCUT2D eigenvalue weighted by Crippen LogP contribution is -2.02. The van der Waals surface area contributed by atoms with Crippen LogP contribution in [0.1, 0.15) is 46.0 Å². The standard InChI is InChI=1S/C9H18O3/c1-3-5-8(2)6-4-7-9(10)12-11/h8,11H,3-7H2,1-2H3/t8-/m0/s1. The Morgan fingerprint density at radius 3 is 2.67 bits per heavy atom. The van der Waals surface area contributed by atoms with Crippen LogP contribution in [-0.2, 0) is 9.68 Å². The minimum atomic E-state index is -0.529. The fourth-order valence-corrected chi connectivity index (χ4v) is 1.28. The number of carbonyl (C=O) groups is 1. The Hall–Kier alpha value is -0.570. The van der Waals surface area contributed by atoms with Crippen molar-refractivity contribution in [2.45, 2.75) is 46.0 Å². The van der Waals surface area contributed by atoms with Gasteiger partial charge in [-0.3, -0.25) is 0 Å². The molecule has 72 valence electrons. The van der Waals surface area contributed by atoms with Gasteiger partial charge in [-0.15, -0.1) is 0 Å². The molecule has 0 aromatic rings. The zero-order valence-electron chi connectivity index (χ0n) is 7.88. The summed E-state index contributed by atoms with van der Waals surface area (Å²) in [5.41, 5.74) is 0. The van der Waals surface area contributed by atoms with Crippen molar-refractivity contribution in [3.8, 4) is 0 Å². The third-order valence-corrected chi connectivity index (χ3v) is 1.96. The van der Waals surface area contributed by atoms with Crippen molar-refractivity contribution >= 4 is 5.97 Å². The smallest absolute Gasteiger partial charge is 0.301 e. The van der Waals surface area contributed by atoms with E-state index in [1.807, 2.05) is 0 Å². The maximum absolute atomic E-state index is 10.5. The van der Waals surface area contributed by atoms with Gasteiger partial charge in [0.2, 0.25) is 0 Å². The van der Waals surface area contributed by atoms with Gasteiger partial charge < -0.3 is 4.89 Å². The van der Waals surface area contributed by atoms with Crippen LogP contribution in [0.4, 0.5) is 0 Å². The van der Waals surface area contributed by atoms with Gasteiger partial charge in [0.05, 0.1) is 0 Å². The van der Waals surface area contributed by atoms with Gasteiger partial charge in [0.15, 0.2) is 0 Å². The van der Waals surface area contributed by atoms with Gasteiger partial charge in [-0.25, -0.2) is 4.79 Å². The molecule has 0 saturated heterocycles. The zero-order valence-corrected chi connectivity index (χ0v) is 7.88. The highest BCUT2D eigenvalue weighted by molar-refractivity contribution is 5.68. The molecular formula is C9H18O3. The fraction of sp³-hybridized carbons (Fsp3) is 0.889. The van der Waals surface area contributed by atoms with Crippen molar-refractivity contribution in [2.24, 2.45) is 5.92 Å². The topological polar surface area (TPSA) is 46.5 Å². The first kappa shape index (κ1) is 11.4. The second kappa shape index (κ2) is 7.10. The number of rotatable bonds is 6. The predicted molar refractivity (Wildman–Crippen MR) is 46.6 cm³/mol. The summed E-state index contributed by atoms with van der Waals surface area (Å²) in [4.78, 5) is 14.0. The summed E-state index contributed by atoms with van der Waals surface area (Å²) in [6.07, 6.45) is 4.55. The first-order valence-corrected chi connectivity index (χ1v) is 4.55. The second-order valence-electron chi connectivity index (χ2n) is 3.25. The molecular weight excluding hydrogens is 156 g/mol. The van der Waals surface area contributed by atoms with Crippen LogP contribution in [0, 0.1) is 5.92 Å². The van der Waals surface area contributed by atoms with Crippen LogP contribution < -0.4 is 0 Å². The average molecular weight is 174 g/mol. The molecule has 0 radical (unpaired) electrons. The SMILES string of the molecule is CCC[C@H](C)CCCC(=O)OO. The minimum Gasteiger partial charge on any atom is -0.301 e. The summed E-state index contributed by atoms with van der Waals surface area (Å²) in [6.45, 7) is 4.33. The summed E-state index contributed by atoms with van der Waals surface area (Å²) < 4.78 is 0. The van der Waals surface area contributed by atoms with Crippen LogP contribution in [0.5, 0.6) is 0 Å². The molecule has 0 aliphatic carbocycles. The highest BCUT2D eigenvalue weighted by Crippen LogP contribution is 2.13. The van der Waals surface area contributed by atoms with E-state index in [9.17, 15) is 4.79 Å². The quantitative estimate of drug-likeness (QED) is 0.497. The molecule has 12 heavy (non-hydrogen) atoms. The van der Waals surface area contributed by atoms with Crippen LogP contribution >= 0.6 is 0 Å². The van der Waals surface area contributed by atoms with Crippen molar-refractivity contribution in [3.63, 3.8) is 0 Å². The molecule has 0 amide bonds. The normalized spacial score (nSPS) is 12.6. The third-order valence-electron chi connectivity index (χ3n) is 1.96. The number of carbonyl (C=O) groups excluding carboxylic acids is 1. The van der Waals surface area contributed by atoms with Crippen molar-refractivity contribution in [2.75, 3.05) is 0 Å². The van der Waals surface area contributed by atoms with E-state index >= 15 is 0 Å². The summed E-state index contributed by atoms with van der Waals surface area (Å²) >= 11 is 0. The molecule has 1 N–H and O–H groups in total. The lowest BCUT2D eigenvalue weighted by Gasteiger charge is -2.07. The third kappa shape index (κ3) is 6.16. The lowest BCUT2D eigenvalue weighted by molar-refractivity contribution is -0.234. The molecule has 0 aliphatic heterocycles. The Bertz CT molecular complexity index is 123. The molecule has 0 unspecified atom stereocenters. The summed E-state index contributed by atoms with van der Waals surface area (Å²) in [6, 6.07) is 0. The van der Waals surface area contributed by atoms with Crippen molar-refractivity contribution in [1.82, 2.24) is 0 Å². The van der Waals surface area contributed by atoms with E-state index in [2.05, 4.69) is 18.7 Å². The zero-order chi connectivity index (χ0) is 9.40. The Morgan fingerprint density at radius 1 is 1.50 bits per heavy atom. The molecule has 0 bridgehead atoms. The van der Waals surface area contributed by atoms with E-state index in [1.54, 1.807) is 0 Å². The first-order chi connectivity index (χ1) is 5.70. The largest absolute Gasteiger partial charge is 0.342 e. The van der Waals surface area contributed by atoms with Gasteiger partial charge >= 0.3 is 5.97 Å². The van der Waals surface area contributed by atoms with Crippen LogP contribution in [-0.4, -0.2) is 11.2 Å². The first-order valence-electron chi connectivity index (χ1n) is 4.55. The van der Waals surface area contributed by atoms with E-state index in [0.717, 1.165) is 12.8 Å². The van der Waals surface area contributed by atoms with E-state index < -0.39 is 5.97 Å². The molecule has 3 heteroatoms. The van der Waals surface area contributed by atoms with E-state index in [4.69, 9.17) is 5.26 Å². The van der Waals surface area contributed by atoms with Crippen LogP contribution in [0.25, 0.3) is 0 Å². The Balaban J connectivity index is 3.24. The number of hydrogen-bond donors (Lipinski definition) is 1. The van der Waals surface area contributed by atoms with Crippen molar-refractivity contribution in [1.29, 1.82) is 0 Å². The maximum atomic E-state index is 10.5.